The molecule has 0 aromatic heterocycles. The van der Waals surface area contributed by atoms with Crippen LogP contribution in [0.25, 0.3) is 0 Å². The number of aliphatic hydroxyl groups is 1. The summed E-state index contributed by atoms with van der Waals surface area (Å²) in [6.07, 6.45) is 5.27. The third kappa shape index (κ3) is 8.34. The van der Waals surface area contributed by atoms with E-state index in [0.29, 0.717) is 12.0 Å². The van der Waals surface area contributed by atoms with E-state index >= 15 is 0 Å². The zero-order valence-corrected chi connectivity index (χ0v) is 22.7. The van der Waals surface area contributed by atoms with Crippen LogP contribution in [0.1, 0.15) is 40.5 Å². The first-order valence-electron chi connectivity index (χ1n) is 12.4. The van der Waals surface area contributed by atoms with Gasteiger partial charge in [0, 0.05) is 37.4 Å². The second kappa shape index (κ2) is 14.0. The highest BCUT2D eigenvalue weighted by molar-refractivity contribution is 6.21. The number of primary amides is 1. The molecule has 0 saturated heterocycles. The molecule has 0 aromatic carbocycles. The first-order valence-corrected chi connectivity index (χ1v) is 12.4. The molecule has 10 nitrogen and oxygen atoms in total. The monoisotopic (exact) mass is 530 g/mol. The van der Waals surface area contributed by atoms with E-state index < -0.39 is 53.9 Å². The van der Waals surface area contributed by atoms with Crippen molar-refractivity contribution in [2.45, 2.75) is 65.0 Å². The number of methoxy groups -OCH3 is 2. The molecule has 6 unspecified atom stereocenters. The molecule has 208 valence electrons. The summed E-state index contributed by atoms with van der Waals surface area (Å²) in [6, 6.07) is 0. The Bertz CT molecular complexity index is 1080. The number of aliphatic hydroxyl groups excluding tert-OH is 1. The van der Waals surface area contributed by atoms with Gasteiger partial charge in [0.15, 0.2) is 11.9 Å². The maximum absolute atomic E-state index is 13.0. The predicted molar refractivity (Wildman–Crippen MR) is 141 cm³/mol. The summed E-state index contributed by atoms with van der Waals surface area (Å²) in [6.45, 7) is 6.98. The molecule has 4 N–H and O–H groups in total. The van der Waals surface area contributed by atoms with E-state index in [-0.39, 0.29) is 29.2 Å². The van der Waals surface area contributed by atoms with Crippen molar-refractivity contribution in [2.75, 3.05) is 14.2 Å². The van der Waals surface area contributed by atoms with Crippen LogP contribution in [0.5, 0.6) is 0 Å². The molecule has 2 aliphatic rings. The Morgan fingerprint density at radius 1 is 1.11 bits per heavy atom. The third-order valence-corrected chi connectivity index (χ3v) is 6.61. The van der Waals surface area contributed by atoms with E-state index in [9.17, 15) is 24.3 Å². The van der Waals surface area contributed by atoms with Gasteiger partial charge in [0.05, 0.1) is 17.9 Å². The number of fused-ring (bicyclic) bond motifs is 2. The minimum Gasteiger partial charge on any atom is -0.439 e. The van der Waals surface area contributed by atoms with E-state index in [0.717, 1.165) is 6.08 Å². The van der Waals surface area contributed by atoms with Gasteiger partial charge in [-0.1, -0.05) is 38.2 Å². The summed E-state index contributed by atoms with van der Waals surface area (Å²) in [7, 11) is 2.92. The molecule has 38 heavy (non-hydrogen) atoms. The number of hydrogen-bond acceptors (Lipinski definition) is 8. The number of hydrogen-bond donors (Lipinski definition) is 3. The number of amides is 2. The highest BCUT2D eigenvalue weighted by Gasteiger charge is 2.31. The maximum atomic E-state index is 13.0. The lowest BCUT2D eigenvalue weighted by atomic mass is 9.86. The van der Waals surface area contributed by atoms with Crippen LogP contribution in [0.3, 0.4) is 0 Å². The molecular formula is C28H38N2O8. The van der Waals surface area contributed by atoms with E-state index in [2.05, 4.69) is 5.32 Å². The molecule has 0 fully saturated rings. The van der Waals surface area contributed by atoms with Crippen molar-refractivity contribution in [3.8, 4) is 0 Å². The predicted octanol–water partition coefficient (Wildman–Crippen LogP) is 2.43. The first kappa shape index (κ1) is 30.9. The Balaban J connectivity index is 2.53. The minimum absolute atomic E-state index is 0.0965. The highest BCUT2D eigenvalue weighted by Crippen LogP contribution is 2.27. The van der Waals surface area contributed by atoms with Crippen molar-refractivity contribution in [1.82, 2.24) is 5.32 Å². The van der Waals surface area contributed by atoms with Gasteiger partial charge in [-0.25, -0.2) is 4.79 Å². The minimum atomic E-state index is -0.993. The number of carbonyl (C=O) groups excluding carboxylic acids is 4. The Labute approximate surface area is 223 Å². The van der Waals surface area contributed by atoms with E-state index in [1.807, 2.05) is 6.92 Å². The summed E-state index contributed by atoms with van der Waals surface area (Å²) >= 11 is 0. The molecule has 1 aliphatic heterocycles. The molecule has 10 heteroatoms. The van der Waals surface area contributed by atoms with Gasteiger partial charge in [-0.05, 0) is 44.3 Å². The van der Waals surface area contributed by atoms with Crippen LogP contribution < -0.4 is 11.1 Å². The quantitative estimate of drug-likeness (QED) is 0.371. The zero-order valence-electron chi connectivity index (χ0n) is 22.7. The number of nitrogens with one attached hydrogen (secondary N) is 1. The maximum Gasteiger partial charge on any atom is 0.405 e. The molecule has 0 aromatic rings. The SMILES string of the molecule is COC1/C=C\C=C(\C)C(=O)NC2=CC(=O)C=C(CC(C)CC(OC)C(O)C(C)/C=C(/C)C1OC(N)=O)C2=O. The summed E-state index contributed by atoms with van der Waals surface area (Å²) in [5.74, 6) is -1.93. The average molecular weight is 531 g/mol. The third-order valence-electron chi connectivity index (χ3n) is 6.61. The van der Waals surface area contributed by atoms with Crippen LogP contribution >= 0.6 is 0 Å². The van der Waals surface area contributed by atoms with Crippen molar-refractivity contribution in [1.29, 1.82) is 0 Å². The lowest BCUT2D eigenvalue weighted by Gasteiger charge is -2.29. The molecule has 1 aliphatic carbocycles. The van der Waals surface area contributed by atoms with Crippen LogP contribution in [0.15, 0.2) is 58.9 Å². The Hall–Kier alpha value is -3.34. The number of ether oxygens (including phenoxy) is 3. The number of allylic oxidation sites excluding steroid dienone is 5. The Morgan fingerprint density at radius 2 is 1.79 bits per heavy atom. The standard InChI is InChI=1S/C28H38N2O8/c1-15-10-19-13-20(31)14-21(25(19)33)30-27(34)16(2)8-7-9-22(36-5)26(38-28(29)35)18(4)12-17(3)24(32)23(11-15)37-6/h7-9,12-15,17,22-24,26,32H,10-11H2,1-6H3,(H2,29,35)(H,30,34)/b9-7-,16-8-,18-12-. The summed E-state index contributed by atoms with van der Waals surface area (Å²) in [5, 5.41) is 13.6. The zero-order chi connectivity index (χ0) is 28.6. The van der Waals surface area contributed by atoms with Gasteiger partial charge in [-0.3, -0.25) is 14.4 Å². The highest BCUT2D eigenvalue weighted by atomic mass is 16.6. The molecule has 0 radical (unpaired) electrons. The number of ketones is 2. The lowest BCUT2D eigenvalue weighted by molar-refractivity contribution is -0.120. The van der Waals surface area contributed by atoms with E-state index in [1.54, 1.807) is 39.0 Å². The van der Waals surface area contributed by atoms with Gasteiger partial charge in [-0.2, -0.15) is 0 Å². The number of nitrogens with two attached hydrogens (primary N) is 1. The van der Waals surface area contributed by atoms with Gasteiger partial charge >= 0.3 is 6.09 Å². The first-order chi connectivity index (χ1) is 17.9. The number of Topliss-reactive ketones (excluding diaryl/α,β-unsaturated/α-hetero) is 1. The van der Waals surface area contributed by atoms with Crippen LogP contribution in [0, 0.1) is 11.8 Å². The fourth-order valence-electron chi connectivity index (χ4n) is 4.53. The largest absolute Gasteiger partial charge is 0.439 e. The molecule has 1 heterocycles. The number of rotatable bonds is 3. The lowest BCUT2D eigenvalue weighted by Crippen LogP contribution is -2.37. The molecule has 0 saturated carbocycles. The molecular weight excluding hydrogens is 492 g/mol. The van der Waals surface area contributed by atoms with Crippen LogP contribution in [0.4, 0.5) is 4.79 Å². The van der Waals surface area contributed by atoms with E-state index in [1.165, 1.54) is 26.4 Å². The van der Waals surface area contributed by atoms with E-state index in [4.69, 9.17) is 19.9 Å². The van der Waals surface area contributed by atoms with Crippen molar-refractivity contribution >= 4 is 23.6 Å². The summed E-state index contributed by atoms with van der Waals surface area (Å²) in [4.78, 5) is 49.7. The van der Waals surface area contributed by atoms with Gasteiger partial charge in [-0.15, -0.1) is 0 Å². The van der Waals surface area contributed by atoms with Crippen LogP contribution in [0.2, 0.25) is 0 Å². The van der Waals surface area contributed by atoms with Crippen LogP contribution in [-0.4, -0.2) is 67.3 Å². The van der Waals surface area contributed by atoms with Gasteiger partial charge in [0.25, 0.3) is 5.91 Å². The average Bonchev–Trinajstić information content (AvgIpc) is 2.85. The smallest absolute Gasteiger partial charge is 0.405 e. The fourth-order valence-corrected chi connectivity index (χ4v) is 4.53. The summed E-state index contributed by atoms with van der Waals surface area (Å²) in [5.41, 5.74) is 6.35. The normalized spacial score (nSPS) is 33.6. The second-order valence-corrected chi connectivity index (χ2v) is 9.79. The number of carbonyl (C=O) groups is 4. The molecule has 0 spiro atoms. The summed E-state index contributed by atoms with van der Waals surface area (Å²) < 4.78 is 16.4. The Morgan fingerprint density at radius 3 is 2.39 bits per heavy atom. The van der Waals surface area contributed by atoms with Gasteiger partial charge < -0.3 is 30.4 Å². The molecule has 2 amide bonds. The molecule has 2 rings (SSSR count). The van der Waals surface area contributed by atoms with Crippen molar-refractivity contribution in [3.05, 3.63) is 58.9 Å². The Kier molecular flexibility index (Phi) is 11.4. The molecule has 2 bridgehead atoms. The molecule has 6 atom stereocenters. The van der Waals surface area contributed by atoms with Crippen LogP contribution in [-0.2, 0) is 28.6 Å². The van der Waals surface area contributed by atoms with Gasteiger partial charge in [0.1, 0.15) is 6.10 Å². The van der Waals surface area contributed by atoms with Gasteiger partial charge in [0.2, 0.25) is 5.78 Å². The fraction of sp³-hybridized carbons (Fsp3) is 0.500. The van der Waals surface area contributed by atoms with Crippen molar-refractivity contribution in [2.24, 2.45) is 17.6 Å². The van der Waals surface area contributed by atoms with Crippen molar-refractivity contribution in [3.63, 3.8) is 0 Å². The second-order valence-electron chi connectivity index (χ2n) is 9.79. The van der Waals surface area contributed by atoms with Crippen molar-refractivity contribution < 1.29 is 38.5 Å². The topological polar surface area (TPSA) is 154 Å².